The highest BCUT2D eigenvalue weighted by atomic mass is 19.1. The lowest BCUT2D eigenvalue weighted by Crippen LogP contribution is -2.14. The largest absolute Gasteiger partial charge is 0.354 e. The highest BCUT2D eigenvalue weighted by Crippen LogP contribution is 2.18. The van der Waals surface area contributed by atoms with Crippen LogP contribution < -0.4 is 10.6 Å². The number of hydrogen-bond acceptors (Lipinski definition) is 3. The van der Waals surface area contributed by atoms with Crippen molar-refractivity contribution in [3.05, 3.63) is 83.9 Å². The molecule has 0 aliphatic carbocycles. The summed E-state index contributed by atoms with van der Waals surface area (Å²) in [6.07, 6.45) is 1.42. The Labute approximate surface area is 141 Å². The Morgan fingerprint density at radius 1 is 0.840 bits per heavy atom. The number of anilines is 3. The fourth-order valence-corrected chi connectivity index (χ4v) is 2.08. The molecular weight excluding hydrogens is 331 g/mol. The van der Waals surface area contributed by atoms with Crippen molar-refractivity contribution in [2.24, 2.45) is 0 Å². The minimum atomic E-state index is -0.872. The molecule has 0 saturated heterocycles. The molecule has 3 aromatic rings. The first-order chi connectivity index (χ1) is 12.0. The van der Waals surface area contributed by atoms with Gasteiger partial charge in [0.15, 0.2) is 0 Å². The molecule has 2 N–H and O–H groups in total. The molecule has 0 aliphatic rings. The summed E-state index contributed by atoms with van der Waals surface area (Å²) in [5.41, 5.74) is 1.18. The van der Waals surface area contributed by atoms with Gasteiger partial charge in [-0.25, -0.2) is 18.2 Å². The molecule has 3 rings (SSSR count). The van der Waals surface area contributed by atoms with Gasteiger partial charge in [-0.15, -0.1) is 0 Å². The van der Waals surface area contributed by atoms with Crippen LogP contribution in [0.25, 0.3) is 0 Å². The monoisotopic (exact) mass is 343 g/mol. The summed E-state index contributed by atoms with van der Waals surface area (Å²) in [6.45, 7) is 0. The number of carbonyl (C=O) groups excluding carboxylic acids is 1. The van der Waals surface area contributed by atoms with Crippen molar-refractivity contribution in [2.45, 2.75) is 0 Å². The maximum Gasteiger partial charge on any atom is 0.274 e. The average molecular weight is 343 g/mol. The lowest BCUT2D eigenvalue weighted by molar-refractivity contribution is 0.102. The molecule has 7 heteroatoms. The van der Waals surface area contributed by atoms with Crippen LogP contribution in [0.3, 0.4) is 0 Å². The Kier molecular flexibility index (Phi) is 4.65. The van der Waals surface area contributed by atoms with Gasteiger partial charge in [-0.3, -0.25) is 4.79 Å². The van der Waals surface area contributed by atoms with Gasteiger partial charge in [-0.1, -0.05) is 0 Å². The van der Waals surface area contributed by atoms with Gasteiger partial charge in [0.05, 0.1) is 17.6 Å². The van der Waals surface area contributed by atoms with Crippen LogP contribution >= 0.6 is 0 Å². The minimum Gasteiger partial charge on any atom is -0.354 e. The van der Waals surface area contributed by atoms with E-state index in [0.717, 1.165) is 12.1 Å². The van der Waals surface area contributed by atoms with E-state index in [1.165, 1.54) is 24.4 Å². The second-order valence-electron chi connectivity index (χ2n) is 5.14. The number of pyridine rings is 1. The molecule has 25 heavy (non-hydrogen) atoms. The van der Waals surface area contributed by atoms with Crippen LogP contribution in [0.1, 0.15) is 10.5 Å². The van der Waals surface area contributed by atoms with E-state index in [2.05, 4.69) is 15.6 Å². The zero-order chi connectivity index (χ0) is 17.8. The number of aromatic nitrogens is 1. The van der Waals surface area contributed by atoms with Gasteiger partial charge in [0.1, 0.15) is 23.1 Å². The molecule has 0 fully saturated rings. The Bertz CT molecular complexity index is 896. The third kappa shape index (κ3) is 4.14. The van der Waals surface area contributed by atoms with E-state index >= 15 is 0 Å². The summed E-state index contributed by atoms with van der Waals surface area (Å²) >= 11 is 0. The highest BCUT2D eigenvalue weighted by molar-refractivity contribution is 6.03. The Balaban J connectivity index is 1.68. The molecule has 0 atom stereocenters. The Hall–Kier alpha value is -3.35. The minimum absolute atomic E-state index is 0.0633. The molecule has 0 spiro atoms. The fraction of sp³-hybridized carbons (Fsp3) is 0. The van der Waals surface area contributed by atoms with E-state index < -0.39 is 17.5 Å². The number of nitrogens with zero attached hydrogens (tertiary/aromatic N) is 1. The van der Waals surface area contributed by atoms with Crippen LogP contribution in [-0.2, 0) is 0 Å². The average Bonchev–Trinajstić information content (AvgIpc) is 2.60. The molecule has 0 radical (unpaired) electrons. The fourth-order valence-electron chi connectivity index (χ4n) is 2.08. The first-order valence-electron chi connectivity index (χ1n) is 7.26. The van der Waals surface area contributed by atoms with Crippen LogP contribution in [0.4, 0.5) is 30.2 Å². The second kappa shape index (κ2) is 7.04. The maximum atomic E-state index is 13.5. The number of hydrogen-bond donors (Lipinski definition) is 2. The number of rotatable bonds is 4. The van der Waals surface area contributed by atoms with Gasteiger partial charge in [0, 0.05) is 11.8 Å². The van der Waals surface area contributed by atoms with Crippen molar-refractivity contribution in [3.8, 4) is 0 Å². The van der Waals surface area contributed by atoms with Gasteiger partial charge in [0.2, 0.25) is 0 Å². The molecule has 1 amide bonds. The lowest BCUT2D eigenvalue weighted by atomic mass is 10.2. The van der Waals surface area contributed by atoms with Gasteiger partial charge in [0.25, 0.3) is 5.91 Å². The van der Waals surface area contributed by atoms with Crippen molar-refractivity contribution in [1.29, 1.82) is 0 Å². The maximum absolute atomic E-state index is 13.5. The van der Waals surface area contributed by atoms with E-state index in [1.54, 1.807) is 18.2 Å². The van der Waals surface area contributed by atoms with Crippen LogP contribution in [-0.4, -0.2) is 10.9 Å². The molecule has 0 unspecified atom stereocenters. The third-order valence-electron chi connectivity index (χ3n) is 3.31. The topological polar surface area (TPSA) is 54.0 Å². The van der Waals surface area contributed by atoms with Gasteiger partial charge in [-0.05, 0) is 48.5 Å². The van der Waals surface area contributed by atoms with Gasteiger partial charge < -0.3 is 10.6 Å². The number of benzene rings is 2. The number of halogens is 3. The van der Waals surface area contributed by atoms with Gasteiger partial charge >= 0.3 is 0 Å². The van der Waals surface area contributed by atoms with Crippen LogP contribution in [0.5, 0.6) is 0 Å². The molecule has 0 saturated carbocycles. The Morgan fingerprint density at radius 3 is 2.16 bits per heavy atom. The summed E-state index contributed by atoms with van der Waals surface area (Å²) in [5, 5.41) is 5.32. The van der Waals surface area contributed by atoms with E-state index in [4.69, 9.17) is 0 Å². The predicted octanol–water partition coefficient (Wildman–Crippen LogP) is 4.49. The molecule has 4 nitrogen and oxygen atoms in total. The van der Waals surface area contributed by atoms with E-state index in [0.29, 0.717) is 17.4 Å². The van der Waals surface area contributed by atoms with E-state index in [9.17, 15) is 18.0 Å². The van der Waals surface area contributed by atoms with Crippen LogP contribution in [0, 0.1) is 17.5 Å². The molecule has 126 valence electrons. The first-order valence-corrected chi connectivity index (χ1v) is 7.26. The number of carbonyl (C=O) groups is 1. The lowest BCUT2D eigenvalue weighted by Gasteiger charge is -2.08. The van der Waals surface area contributed by atoms with Crippen LogP contribution in [0.15, 0.2) is 60.8 Å². The molecule has 1 heterocycles. The summed E-state index contributed by atoms with van der Waals surface area (Å²) in [7, 11) is 0. The normalized spacial score (nSPS) is 10.4. The number of amides is 1. The zero-order valence-corrected chi connectivity index (χ0v) is 12.8. The Morgan fingerprint density at radius 2 is 1.52 bits per heavy atom. The molecule has 2 aromatic carbocycles. The molecule has 0 aliphatic heterocycles. The summed E-state index contributed by atoms with van der Waals surface area (Å²) in [6, 6.07) is 11.7. The summed E-state index contributed by atoms with van der Waals surface area (Å²) in [4.78, 5) is 16.1. The smallest absolute Gasteiger partial charge is 0.274 e. The van der Waals surface area contributed by atoms with Crippen LogP contribution in [0.2, 0.25) is 0 Å². The third-order valence-corrected chi connectivity index (χ3v) is 3.31. The first kappa shape index (κ1) is 16.5. The molecule has 1 aromatic heterocycles. The molecular formula is C18H12F3N3O. The van der Waals surface area contributed by atoms with Crippen molar-refractivity contribution in [1.82, 2.24) is 4.98 Å². The SMILES string of the molecule is O=C(Nc1ccc(F)cc1F)c1ccc(Nc2ccc(F)cc2)cn1. The zero-order valence-electron chi connectivity index (χ0n) is 12.8. The molecule has 0 bridgehead atoms. The van der Waals surface area contributed by atoms with Crippen molar-refractivity contribution >= 4 is 23.0 Å². The van der Waals surface area contributed by atoms with E-state index in [1.807, 2.05) is 0 Å². The van der Waals surface area contributed by atoms with Crippen molar-refractivity contribution in [2.75, 3.05) is 10.6 Å². The summed E-state index contributed by atoms with van der Waals surface area (Å²) < 4.78 is 39.3. The van der Waals surface area contributed by atoms with E-state index in [-0.39, 0.29) is 17.2 Å². The standard InChI is InChI=1S/C18H12F3N3O/c19-11-1-4-13(5-2-11)23-14-6-8-17(22-10-14)18(25)24-16-7-3-12(20)9-15(16)21/h1-10,23H,(H,24,25). The van der Waals surface area contributed by atoms with Crippen molar-refractivity contribution < 1.29 is 18.0 Å². The highest BCUT2D eigenvalue weighted by Gasteiger charge is 2.11. The van der Waals surface area contributed by atoms with Crippen molar-refractivity contribution in [3.63, 3.8) is 0 Å². The quantitative estimate of drug-likeness (QED) is 0.734. The predicted molar refractivity (Wildman–Crippen MR) is 88.2 cm³/mol. The number of nitrogens with one attached hydrogen (secondary N) is 2. The summed E-state index contributed by atoms with van der Waals surface area (Å²) in [5.74, 6) is -2.57. The second-order valence-corrected chi connectivity index (χ2v) is 5.14. The van der Waals surface area contributed by atoms with Gasteiger partial charge in [-0.2, -0.15) is 0 Å².